The lowest BCUT2D eigenvalue weighted by atomic mass is 9.74. The van der Waals surface area contributed by atoms with Gasteiger partial charge in [0.05, 0.1) is 5.54 Å². The van der Waals surface area contributed by atoms with Crippen molar-refractivity contribution < 1.29 is 8.78 Å². The molecule has 3 heteroatoms. The van der Waals surface area contributed by atoms with Gasteiger partial charge in [-0.15, -0.1) is 0 Å². The highest BCUT2D eigenvalue weighted by atomic mass is 19.3. The molecule has 1 nitrogen and oxygen atoms in total. The summed E-state index contributed by atoms with van der Waals surface area (Å²) in [4.78, 5) is 0. The molecule has 72 valence electrons. The van der Waals surface area contributed by atoms with Crippen LogP contribution in [0.5, 0.6) is 0 Å². The summed E-state index contributed by atoms with van der Waals surface area (Å²) < 4.78 is 25.5. The van der Waals surface area contributed by atoms with E-state index < -0.39 is 12.0 Å². The van der Waals surface area contributed by atoms with E-state index in [1.54, 1.807) is 7.05 Å². The van der Waals surface area contributed by atoms with Crippen molar-refractivity contribution in [2.45, 2.75) is 44.6 Å². The molecule has 0 radical (unpaired) electrons. The van der Waals surface area contributed by atoms with Crippen molar-refractivity contribution in [1.29, 1.82) is 0 Å². The van der Waals surface area contributed by atoms with Crippen LogP contribution >= 0.6 is 0 Å². The lowest BCUT2D eigenvalue weighted by Gasteiger charge is -2.41. The van der Waals surface area contributed by atoms with Gasteiger partial charge in [0, 0.05) is 0 Å². The van der Waals surface area contributed by atoms with Crippen molar-refractivity contribution in [3.63, 3.8) is 0 Å². The number of hydrogen-bond donors (Lipinski definition) is 1. The smallest absolute Gasteiger partial charge is 0.256 e. The molecule has 1 saturated carbocycles. The van der Waals surface area contributed by atoms with Crippen LogP contribution in [0.1, 0.15) is 32.6 Å². The Labute approximate surface area is 72.5 Å². The second-order valence-corrected chi connectivity index (χ2v) is 3.74. The first-order valence-corrected chi connectivity index (χ1v) is 4.60. The number of nitrogens with one attached hydrogen (secondary N) is 1. The van der Waals surface area contributed by atoms with Crippen LogP contribution in [0.25, 0.3) is 0 Å². The molecule has 0 bridgehead atoms. The third kappa shape index (κ3) is 1.47. The first-order valence-electron chi connectivity index (χ1n) is 4.60. The molecule has 0 spiro atoms. The van der Waals surface area contributed by atoms with Gasteiger partial charge in [-0.1, -0.05) is 19.8 Å². The van der Waals surface area contributed by atoms with Crippen LogP contribution < -0.4 is 5.32 Å². The SMILES string of the molecule is CNC1(C(F)F)CCCCC1C. The fourth-order valence-corrected chi connectivity index (χ4v) is 2.18. The van der Waals surface area contributed by atoms with E-state index in [-0.39, 0.29) is 5.92 Å². The Kier molecular flexibility index (Phi) is 3.04. The van der Waals surface area contributed by atoms with Crippen molar-refractivity contribution in [3.05, 3.63) is 0 Å². The molecule has 2 unspecified atom stereocenters. The Bertz CT molecular complexity index is 149. The van der Waals surface area contributed by atoms with E-state index in [4.69, 9.17) is 0 Å². The summed E-state index contributed by atoms with van der Waals surface area (Å²) in [6.07, 6.45) is 1.32. The predicted molar refractivity (Wildman–Crippen MR) is 45.4 cm³/mol. The van der Waals surface area contributed by atoms with Crippen molar-refractivity contribution >= 4 is 0 Å². The molecule has 2 atom stereocenters. The van der Waals surface area contributed by atoms with Gasteiger partial charge in [0.2, 0.25) is 0 Å². The summed E-state index contributed by atoms with van der Waals surface area (Å²) >= 11 is 0. The summed E-state index contributed by atoms with van der Waals surface area (Å²) in [6, 6.07) is 0. The Morgan fingerprint density at radius 1 is 1.42 bits per heavy atom. The normalized spacial score (nSPS) is 37.2. The fraction of sp³-hybridized carbons (Fsp3) is 1.00. The van der Waals surface area contributed by atoms with E-state index in [1.807, 2.05) is 6.92 Å². The van der Waals surface area contributed by atoms with Crippen LogP contribution in [-0.2, 0) is 0 Å². The largest absolute Gasteiger partial charge is 0.309 e. The average molecular weight is 177 g/mol. The topological polar surface area (TPSA) is 12.0 Å². The maximum absolute atomic E-state index is 12.8. The highest BCUT2D eigenvalue weighted by molar-refractivity contribution is 4.96. The molecule has 1 aliphatic carbocycles. The van der Waals surface area contributed by atoms with Crippen LogP contribution in [0.4, 0.5) is 8.78 Å². The standard InChI is InChI=1S/C9H17F2N/c1-7-5-3-4-6-9(7,12-2)8(10)11/h7-8,12H,3-6H2,1-2H3. The molecule has 0 aromatic rings. The highest BCUT2D eigenvalue weighted by Gasteiger charge is 2.44. The Hall–Kier alpha value is -0.180. The minimum atomic E-state index is -2.24. The number of halogens is 2. The molecular formula is C9H17F2N. The van der Waals surface area contributed by atoms with Gasteiger partial charge in [0.1, 0.15) is 0 Å². The molecule has 0 aromatic carbocycles. The number of rotatable bonds is 2. The van der Waals surface area contributed by atoms with Gasteiger partial charge in [-0.2, -0.15) is 0 Å². The summed E-state index contributed by atoms with van der Waals surface area (Å²) in [5, 5.41) is 2.82. The molecule has 0 saturated heterocycles. The van der Waals surface area contributed by atoms with Gasteiger partial charge in [-0.05, 0) is 25.8 Å². The molecule has 1 aliphatic rings. The Balaban J connectivity index is 2.73. The summed E-state index contributed by atoms with van der Waals surface area (Å²) in [6.45, 7) is 1.92. The third-order valence-electron chi connectivity index (χ3n) is 3.21. The van der Waals surface area contributed by atoms with Crippen LogP contribution in [0.2, 0.25) is 0 Å². The number of hydrogen-bond acceptors (Lipinski definition) is 1. The third-order valence-corrected chi connectivity index (χ3v) is 3.21. The van der Waals surface area contributed by atoms with Gasteiger partial charge in [0.25, 0.3) is 6.43 Å². The Morgan fingerprint density at radius 3 is 2.42 bits per heavy atom. The maximum atomic E-state index is 12.8. The lowest BCUT2D eigenvalue weighted by Crippen LogP contribution is -2.55. The molecule has 0 heterocycles. The molecule has 12 heavy (non-hydrogen) atoms. The number of alkyl halides is 2. The van der Waals surface area contributed by atoms with Crippen molar-refractivity contribution in [1.82, 2.24) is 5.32 Å². The summed E-state index contributed by atoms with van der Waals surface area (Å²) in [5.41, 5.74) is -0.905. The molecule has 1 N–H and O–H groups in total. The zero-order valence-corrected chi connectivity index (χ0v) is 7.74. The molecule has 0 amide bonds. The first kappa shape index (κ1) is 9.90. The van der Waals surface area contributed by atoms with Gasteiger partial charge in [-0.25, -0.2) is 8.78 Å². The first-order chi connectivity index (χ1) is 5.63. The highest BCUT2D eigenvalue weighted by Crippen LogP contribution is 2.37. The molecule has 1 rings (SSSR count). The minimum Gasteiger partial charge on any atom is -0.309 e. The molecular weight excluding hydrogens is 160 g/mol. The van der Waals surface area contributed by atoms with Crippen molar-refractivity contribution in [3.8, 4) is 0 Å². The average Bonchev–Trinajstić information content (AvgIpc) is 2.05. The van der Waals surface area contributed by atoms with E-state index in [0.29, 0.717) is 6.42 Å². The van der Waals surface area contributed by atoms with Gasteiger partial charge in [0.15, 0.2) is 0 Å². The van der Waals surface area contributed by atoms with E-state index in [0.717, 1.165) is 19.3 Å². The fourth-order valence-electron chi connectivity index (χ4n) is 2.18. The quantitative estimate of drug-likeness (QED) is 0.683. The van der Waals surface area contributed by atoms with Gasteiger partial charge in [-0.3, -0.25) is 0 Å². The minimum absolute atomic E-state index is 0.0937. The Morgan fingerprint density at radius 2 is 2.08 bits per heavy atom. The van der Waals surface area contributed by atoms with Crippen LogP contribution in [0, 0.1) is 5.92 Å². The lowest BCUT2D eigenvalue weighted by molar-refractivity contribution is -0.0198. The molecule has 0 aromatic heterocycles. The van der Waals surface area contributed by atoms with E-state index in [2.05, 4.69) is 5.32 Å². The monoisotopic (exact) mass is 177 g/mol. The molecule has 0 aliphatic heterocycles. The zero-order chi connectivity index (χ0) is 9.19. The zero-order valence-electron chi connectivity index (χ0n) is 7.74. The van der Waals surface area contributed by atoms with Crippen LogP contribution in [0.3, 0.4) is 0 Å². The van der Waals surface area contributed by atoms with E-state index >= 15 is 0 Å². The second-order valence-electron chi connectivity index (χ2n) is 3.74. The van der Waals surface area contributed by atoms with Crippen molar-refractivity contribution in [2.24, 2.45) is 5.92 Å². The van der Waals surface area contributed by atoms with Crippen LogP contribution in [-0.4, -0.2) is 19.0 Å². The second kappa shape index (κ2) is 3.69. The van der Waals surface area contributed by atoms with E-state index in [1.165, 1.54) is 0 Å². The van der Waals surface area contributed by atoms with Crippen molar-refractivity contribution in [2.75, 3.05) is 7.05 Å². The van der Waals surface area contributed by atoms with E-state index in [9.17, 15) is 8.78 Å². The predicted octanol–water partition coefficient (Wildman–Crippen LogP) is 2.42. The van der Waals surface area contributed by atoms with Gasteiger partial charge < -0.3 is 5.32 Å². The van der Waals surface area contributed by atoms with Crippen LogP contribution in [0.15, 0.2) is 0 Å². The van der Waals surface area contributed by atoms with Gasteiger partial charge >= 0.3 is 0 Å². The molecule has 1 fully saturated rings. The maximum Gasteiger partial charge on any atom is 0.256 e. The summed E-state index contributed by atoms with van der Waals surface area (Å²) in [7, 11) is 1.65. The summed E-state index contributed by atoms with van der Waals surface area (Å²) in [5.74, 6) is 0.0937.